The number of hydrogen-bond donors (Lipinski definition) is 1. The van der Waals surface area contributed by atoms with Crippen molar-refractivity contribution in [1.82, 2.24) is 4.90 Å². The third kappa shape index (κ3) is 2.92. The van der Waals surface area contributed by atoms with Gasteiger partial charge in [0.05, 0.1) is 5.92 Å². The molecule has 2 heterocycles. The van der Waals surface area contributed by atoms with Crippen LogP contribution in [-0.4, -0.2) is 29.1 Å². The van der Waals surface area contributed by atoms with Gasteiger partial charge in [0.1, 0.15) is 5.58 Å². The van der Waals surface area contributed by atoms with Gasteiger partial charge in [-0.15, -0.1) is 0 Å². The number of piperidine rings is 1. The van der Waals surface area contributed by atoms with Crippen LogP contribution in [0.3, 0.4) is 0 Å². The summed E-state index contributed by atoms with van der Waals surface area (Å²) >= 11 is 6.21. The van der Waals surface area contributed by atoms with Crippen LogP contribution in [0, 0.1) is 11.8 Å². The Balaban J connectivity index is 1.84. The van der Waals surface area contributed by atoms with Gasteiger partial charge in [-0.05, 0) is 30.0 Å². The van der Waals surface area contributed by atoms with Crippen LogP contribution in [-0.2, 0) is 11.3 Å². The fourth-order valence-corrected chi connectivity index (χ4v) is 3.45. The maximum absolute atomic E-state index is 11.3. The number of carboxylic acid groups (broad SMARTS) is 1. The second kappa shape index (κ2) is 5.70. The van der Waals surface area contributed by atoms with Gasteiger partial charge in [0.25, 0.3) is 0 Å². The van der Waals surface area contributed by atoms with Gasteiger partial charge in [-0.2, -0.15) is 0 Å². The number of hydrogen-bond acceptors (Lipinski definition) is 3. The number of benzene rings is 1. The number of carbonyl (C=O) groups is 1. The fourth-order valence-electron chi connectivity index (χ4n) is 3.21. The van der Waals surface area contributed by atoms with Crippen molar-refractivity contribution >= 4 is 28.5 Å². The molecule has 3 rings (SSSR count). The van der Waals surface area contributed by atoms with E-state index < -0.39 is 5.97 Å². The molecule has 1 N–H and O–H groups in total. The Labute approximate surface area is 128 Å². The summed E-state index contributed by atoms with van der Waals surface area (Å²) in [6.45, 7) is 4.18. The fraction of sp³-hybridized carbons (Fsp3) is 0.438. The molecule has 2 atom stereocenters. The van der Waals surface area contributed by atoms with E-state index in [0.29, 0.717) is 24.2 Å². The molecule has 0 radical (unpaired) electrons. The van der Waals surface area contributed by atoms with E-state index in [4.69, 9.17) is 16.0 Å². The van der Waals surface area contributed by atoms with Crippen LogP contribution in [0.5, 0.6) is 0 Å². The number of para-hydroxylation sites is 1. The third-order valence-electron chi connectivity index (χ3n) is 4.12. The number of nitrogens with zero attached hydrogens (tertiary/aromatic N) is 1. The van der Waals surface area contributed by atoms with E-state index >= 15 is 0 Å². The molecule has 2 aromatic rings. The quantitative estimate of drug-likeness (QED) is 0.941. The predicted molar refractivity (Wildman–Crippen MR) is 81.4 cm³/mol. The first-order valence-corrected chi connectivity index (χ1v) is 7.53. The monoisotopic (exact) mass is 307 g/mol. The first-order chi connectivity index (χ1) is 10.0. The third-order valence-corrected chi connectivity index (χ3v) is 4.42. The zero-order chi connectivity index (χ0) is 15.0. The highest BCUT2D eigenvalue weighted by Gasteiger charge is 2.30. The molecule has 5 heteroatoms. The number of aliphatic carboxylic acids is 1. The van der Waals surface area contributed by atoms with Crippen molar-refractivity contribution in [1.29, 1.82) is 0 Å². The number of carboxylic acids is 1. The summed E-state index contributed by atoms with van der Waals surface area (Å²) < 4.78 is 5.56. The van der Waals surface area contributed by atoms with Gasteiger partial charge < -0.3 is 9.52 Å². The molecule has 112 valence electrons. The Bertz CT molecular complexity index is 667. The van der Waals surface area contributed by atoms with Gasteiger partial charge in [0.15, 0.2) is 5.22 Å². The SMILES string of the molecule is CC1CC(C(=O)O)CN(Cc2c(Cl)oc3ccccc23)C1. The zero-order valence-electron chi connectivity index (χ0n) is 11.9. The van der Waals surface area contributed by atoms with E-state index in [2.05, 4.69) is 11.8 Å². The first kappa shape index (κ1) is 14.4. The number of rotatable bonds is 3. The van der Waals surface area contributed by atoms with Crippen molar-refractivity contribution in [2.24, 2.45) is 11.8 Å². The Morgan fingerprint density at radius 1 is 1.43 bits per heavy atom. The van der Waals surface area contributed by atoms with Gasteiger partial charge in [-0.25, -0.2) is 0 Å². The highest BCUT2D eigenvalue weighted by molar-refractivity contribution is 6.30. The smallest absolute Gasteiger partial charge is 0.307 e. The van der Waals surface area contributed by atoms with Gasteiger partial charge in [0, 0.05) is 30.6 Å². The molecule has 1 aliphatic heterocycles. The number of likely N-dealkylation sites (tertiary alicyclic amines) is 1. The Hall–Kier alpha value is -1.52. The molecule has 0 saturated carbocycles. The van der Waals surface area contributed by atoms with Crippen LogP contribution < -0.4 is 0 Å². The van der Waals surface area contributed by atoms with E-state index in [9.17, 15) is 9.90 Å². The van der Waals surface area contributed by atoms with Crippen molar-refractivity contribution < 1.29 is 14.3 Å². The van der Waals surface area contributed by atoms with Crippen LogP contribution >= 0.6 is 11.6 Å². The molecule has 1 saturated heterocycles. The molecule has 0 aliphatic carbocycles. The molecule has 1 aromatic heterocycles. The van der Waals surface area contributed by atoms with Crippen molar-refractivity contribution in [3.63, 3.8) is 0 Å². The lowest BCUT2D eigenvalue weighted by molar-refractivity contribution is -0.144. The standard InChI is InChI=1S/C16H18ClNO3/c1-10-6-11(16(19)20)8-18(7-10)9-13-12-4-2-3-5-14(12)21-15(13)17/h2-5,10-11H,6-9H2,1H3,(H,19,20). The molecule has 4 nitrogen and oxygen atoms in total. The summed E-state index contributed by atoms with van der Waals surface area (Å²) in [4.78, 5) is 13.4. The number of fused-ring (bicyclic) bond motifs is 1. The largest absolute Gasteiger partial charge is 0.481 e. The second-order valence-corrected chi connectivity index (χ2v) is 6.26. The van der Waals surface area contributed by atoms with E-state index in [-0.39, 0.29) is 5.92 Å². The maximum atomic E-state index is 11.3. The normalized spacial score (nSPS) is 23.5. The summed E-state index contributed by atoms with van der Waals surface area (Å²) in [6.07, 6.45) is 0.742. The molecule has 0 amide bonds. The zero-order valence-corrected chi connectivity index (χ0v) is 12.6. The van der Waals surface area contributed by atoms with Gasteiger partial charge >= 0.3 is 5.97 Å². The lowest BCUT2D eigenvalue weighted by atomic mass is 9.90. The van der Waals surface area contributed by atoms with Gasteiger partial charge in [-0.3, -0.25) is 9.69 Å². The van der Waals surface area contributed by atoms with Crippen LogP contribution in [0.25, 0.3) is 11.0 Å². The second-order valence-electron chi connectivity index (χ2n) is 5.92. The predicted octanol–water partition coefficient (Wildman–Crippen LogP) is 3.63. The van der Waals surface area contributed by atoms with Crippen LogP contribution in [0.2, 0.25) is 5.22 Å². The molecule has 2 unspecified atom stereocenters. The molecule has 1 aromatic carbocycles. The summed E-state index contributed by atoms with van der Waals surface area (Å²) in [5, 5.41) is 10.7. The van der Waals surface area contributed by atoms with E-state index in [1.165, 1.54) is 0 Å². The summed E-state index contributed by atoms with van der Waals surface area (Å²) in [6, 6.07) is 7.75. The Morgan fingerprint density at radius 3 is 2.95 bits per heavy atom. The number of furan rings is 1. The average Bonchev–Trinajstić information content (AvgIpc) is 2.75. The van der Waals surface area contributed by atoms with Crippen LogP contribution in [0.4, 0.5) is 0 Å². The summed E-state index contributed by atoms with van der Waals surface area (Å²) in [5.41, 5.74) is 1.72. The topological polar surface area (TPSA) is 53.7 Å². The highest BCUT2D eigenvalue weighted by atomic mass is 35.5. The first-order valence-electron chi connectivity index (χ1n) is 7.15. The summed E-state index contributed by atoms with van der Waals surface area (Å²) in [7, 11) is 0. The van der Waals surface area contributed by atoms with E-state index in [0.717, 1.165) is 29.5 Å². The minimum atomic E-state index is -0.713. The molecule has 0 spiro atoms. The van der Waals surface area contributed by atoms with Gasteiger partial charge in [-0.1, -0.05) is 25.1 Å². The van der Waals surface area contributed by atoms with Crippen molar-refractivity contribution in [2.45, 2.75) is 19.9 Å². The average molecular weight is 308 g/mol. The van der Waals surface area contributed by atoms with Gasteiger partial charge in [0.2, 0.25) is 0 Å². The number of halogens is 1. The minimum Gasteiger partial charge on any atom is -0.481 e. The molecule has 0 bridgehead atoms. The lowest BCUT2D eigenvalue weighted by Gasteiger charge is -2.34. The molecular formula is C16H18ClNO3. The van der Waals surface area contributed by atoms with Crippen LogP contribution in [0.15, 0.2) is 28.7 Å². The molecule has 21 heavy (non-hydrogen) atoms. The van der Waals surface area contributed by atoms with E-state index in [1.807, 2.05) is 24.3 Å². The van der Waals surface area contributed by atoms with Crippen molar-refractivity contribution in [3.05, 3.63) is 35.0 Å². The Kier molecular flexibility index (Phi) is 3.91. The van der Waals surface area contributed by atoms with Crippen LogP contribution in [0.1, 0.15) is 18.9 Å². The molecule has 1 aliphatic rings. The molecular weight excluding hydrogens is 290 g/mol. The van der Waals surface area contributed by atoms with Crippen molar-refractivity contribution in [3.8, 4) is 0 Å². The maximum Gasteiger partial charge on any atom is 0.307 e. The lowest BCUT2D eigenvalue weighted by Crippen LogP contribution is -2.41. The van der Waals surface area contributed by atoms with Crippen molar-refractivity contribution in [2.75, 3.05) is 13.1 Å². The Morgan fingerprint density at radius 2 is 2.19 bits per heavy atom. The summed E-state index contributed by atoms with van der Waals surface area (Å²) in [5.74, 6) is -0.641. The van der Waals surface area contributed by atoms with E-state index in [1.54, 1.807) is 0 Å². The highest BCUT2D eigenvalue weighted by Crippen LogP contribution is 2.32. The molecule has 1 fully saturated rings. The minimum absolute atomic E-state index is 0.300.